The predicted octanol–water partition coefficient (Wildman–Crippen LogP) is 2.89. The zero-order chi connectivity index (χ0) is 30.9. The van der Waals surface area contributed by atoms with Crippen LogP contribution in [0.15, 0.2) is 60.7 Å². The van der Waals surface area contributed by atoms with Gasteiger partial charge in [0.25, 0.3) is 5.91 Å². The van der Waals surface area contributed by atoms with Gasteiger partial charge < -0.3 is 15.2 Å². The number of hydrogen-bond acceptors (Lipinski definition) is 5. The van der Waals surface area contributed by atoms with Gasteiger partial charge in [-0.3, -0.25) is 9.69 Å². The Morgan fingerprint density at radius 1 is 0.953 bits per heavy atom. The maximum atomic E-state index is 13.8. The van der Waals surface area contributed by atoms with Crippen molar-refractivity contribution in [1.82, 2.24) is 10.2 Å². The molecule has 5 nitrogen and oxygen atoms in total. The van der Waals surface area contributed by atoms with E-state index in [2.05, 4.69) is 5.32 Å². The molecule has 226 valence electrons. The van der Waals surface area contributed by atoms with E-state index in [1.54, 1.807) is 29.2 Å². The molecule has 3 aromatic rings. The van der Waals surface area contributed by atoms with Crippen molar-refractivity contribution < 1.29 is 55.5 Å². The van der Waals surface area contributed by atoms with Crippen LogP contribution in [0, 0.1) is 18.6 Å². The number of carbonyl (C=O) groups is 2. The Morgan fingerprint density at radius 3 is 2.21 bits per heavy atom. The average molecular weight is 615 g/mol. The molecule has 3 rings (SSSR count). The van der Waals surface area contributed by atoms with Crippen LogP contribution in [0.2, 0.25) is 0 Å². The van der Waals surface area contributed by atoms with E-state index >= 15 is 0 Å². The summed E-state index contributed by atoms with van der Waals surface area (Å²) in [5.41, 5.74) is 3.21. The van der Waals surface area contributed by atoms with Gasteiger partial charge in [0.05, 0.1) is 12.0 Å². The van der Waals surface area contributed by atoms with Gasteiger partial charge in [0.2, 0.25) is 0 Å². The molecule has 12 heteroatoms. The number of amides is 1. The maximum absolute atomic E-state index is 13.8. The van der Waals surface area contributed by atoms with Crippen LogP contribution < -0.4 is 29.3 Å². The van der Waals surface area contributed by atoms with Crippen molar-refractivity contribution in [1.29, 1.82) is 0 Å². The summed E-state index contributed by atoms with van der Waals surface area (Å²) in [6, 6.07) is 14.0. The minimum atomic E-state index is -4.34. The van der Waals surface area contributed by atoms with Gasteiger partial charge >= 0.3 is 25.0 Å². The van der Waals surface area contributed by atoms with Crippen LogP contribution in [0.25, 0.3) is 11.1 Å². The van der Waals surface area contributed by atoms with E-state index in [0.29, 0.717) is 16.9 Å². The number of hydrogen-bond donors (Lipinski definition) is 1. The first-order valence-electron chi connectivity index (χ1n) is 13.3. The van der Waals surface area contributed by atoms with E-state index < -0.39 is 42.1 Å². The maximum Gasteiger partial charge on any atom is 1.00 e. The van der Waals surface area contributed by atoms with Crippen molar-refractivity contribution in [3.05, 3.63) is 94.6 Å². The quantitative estimate of drug-likeness (QED) is 0.224. The minimum absolute atomic E-state index is 0. The van der Waals surface area contributed by atoms with Crippen molar-refractivity contribution in [3.8, 4) is 11.1 Å². The van der Waals surface area contributed by atoms with E-state index in [1.807, 2.05) is 31.4 Å². The van der Waals surface area contributed by atoms with Crippen molar-refractivity contribution in [2.45, 2.75) is 51.5 Å². The first kappa shape index (κ1) is 36.3. The fourth-order valence-corrected chi connectivity index (χ4v) is 5.11. The fraction of sp³-hybridized carbons (Fsp3) is 0.355. The molecule has 0 fully saturated rings. The molecule has 0 bridgehead atoms. The molecule has 0 aliphatic carbocycles. The van der Waals surface area contributed by atoms with Gasteiger partial charge in [0, 0.05) is 31.1 Å². The second kappa shape index (κ2) is 16.9. The first-order valence-corrected chi connectivity index (χ1v) is 14.7. The second-order valence-corrected chi connectivity index (χ2v) is 11.0. The number of aliphatic carboxylic acids is 1. The number of halogens is 5. The van der Waals surface area contributed by atoms with Crippen LogP contribution in [0.1, 0.15) is 46.3 Å². The molecular formula is C31H32F5LiN2O3S. The third-order valence-corrected chi connectivity index (χ3v) is 7.28. The van der Waals surface area contributed by atoms with E-state index in [1.165, 1.54) is 11.8 Å². The van der Waals surface area contributed by atoms with Crippen LogP contribution in [0.5, 0.6) is 0 Å². The molecule has 0 spiro atoms. The van der Waals surface area contributed by atoms with Crippen LogP contribution in [-0.4, -0.2) is 47.5 Å². The third kappa shape index (κ3) is 11.6. The number of rotatable bonds is 14. The molecule has 1 amide bonds. The Morgan fingerprint density at radius 2 is 1.60 bits per heavy atom. The second-order valence-electron chi connectivity index (χ2n) is 10.0. The fourth-order valence-electron chi connectivity index (χ4n) is 4.64. The predicted molar refractivity (Wildman–Crippen MR) is 152 cm³/mol. The zero-order valence-electron chi connectivity index (χ0n) is 24.3. The molecule has 1 atom stereocenters. The number of carboxylic acid groups (broad SMARTS) is 1. The Balaban J connectivity index is 0.00000645. The molecule has 0 aliphatic rings. The molecule has 43 heavy (non-hydrogen) atoms. The summed E-state index contributed by atoms with van der Waals surface area (Å²) in [5, 5.41) is 14.2. The van der Waals surface area contributed by atoms with Crippen molar-refractivity contribution in [2.75, 3.05) is 18.6 Å². The molecule has 0 aliphatic heterocycles. The number of carbonyl (C=O) groups excluding carboxylic acids is 2. The summed E-state index contributed by atoms with van der Waals surface area (Å²) in [6.45, 7) is 1.99. The molecule has 0 saturated carbocycles. The monoisotopic (exact) mass is 614 g/mol. The number of carboxylic acids is 1. The summed E-state index contributed by atoms with van der Waals surface area (Å²) in [4.78, 5) is 26.6. The molecule has 0 saturated heterocycles. The van der Waals surface area contributed by atoms with Gasteiger partial charge in [-0.2, -0.15) is 24.9 Å². The Hall–Kier alpha value is -2.84. The SMILES string of the molecule is CSCC[C@H](NC(=O)c1ccc(CN(CCCC(F)(F)F)Cc2cc(F)cc(F)c2)cc1-c1ccccc1C)C(=O)[O-].[Li+]. The van der Waals surface area contributed by atoms with E-state index in [9.17, 15) is 36.6 Å². The van der Waals surface area contributed by atoms with Gasteiger partial charge in [-0.25, -0.2) is 8.78 Å². The number of thioether (sulfide) groups is 1. The van der Waals surface area contributed by atoms with Gasteiger partial charge in [0.1, 0.15) is 11.6 Å². The van der Waals surface area contributed by atoms with Crippen LogP contribution in [0.4, 0.5) is 22.0 Å². The molecule has 1 N–H and O–H groups in total. The third-order valence-electron chi connectivity index (χ3n) is 6.63. The van der Waals surface area contributed by atoms with Crippen molar-refractivity contribution >= 4 is 23.6 Å². The van der Waals surface area contributed by atoms with Crippen molar-refractivity contribution in [2.24, 2.45) is 0 Å². The van der Waals surface area contributed by atoms with Gasteiger partial charge in [-0.1, -0.05) is 30.3 Å². The van der Waals surface area contributed by atoms with E-state index in [-0.39, 0.29) is 62.5 Å². The van der Waals surface area contributed by atoms with Crippen LogP contribution in [0.3, 0.4) is 0 Å². The number of alkyl halides is 3. The summed E-state index contributed by atoms with van der Waals surface area (Å²) >= 11 is 1.44. The molecular weight excluding hydrogens is 582 g/mol. The van der Waals surface area contributed by atoms with E-state index in [4.69, 9.17) is 0 Å². The smallest absolute Gasteiger partial charge is 0.548 e. The molecule has 0 unspecified atom stereocenters. The van der Waals surface area contributed by atoms with Crippen molar-refractivity contribution in [3.63, 3.8) is 0 Å². The summed E-state index contributed by atoms with van der Waals surface area (Å²) in [5.74, 6) is -3.07. The van der Waals surface area contributed by atoms with E-state index in [0.717, 1.165) is 29.3 Å². The molecule has 0 aromatic heterocycles. The number of benzene rings is 3. The van der Waals surface area contributed by atoms with Gasteiger partial charge in [0.15, 0.2) is 0 Å². The number of nitrogens with one attached hydrogen (secondary N) is 1. The van der Waals surface area contributed by atoms with Crippen LogP contribution >= 0.6 is 11.8 Å². The molecule has 3 aromatic carbocycles. The first-order chi connectivity index (χ1) is 19.9. The standard InChI is InChI=1S/C31H33F5N2O3S.Li/c1-20-6-3-4-7-25(20)27-16-21(8-9-26(27)29(39)37-28(30(40)41)10-13-42-2)18-38(12-5-11-31(34,35)36)19-22-14-23(32)17-24(33)15-22;/h3-4,6-9,14-17,28H,5,10-13,18-19H2,1-2H3,(H,37,39)(H,40,41);/q;+1/p-1/t28-;/m0./s1. The Labute approximate surface area is 264 Å². The number of aryl methyl sites for hydroxylation is 1. The summed E-state index contributed by atoms with van der Waals surface area (Å²) < 4.78 is 66.3. The Bertz CT molecular complexity index is 1370. The van der Waals surface area contributed by atoms with Gasteiger partial charge in [-0.05, 0) is 90.4 Å². The minimum Gasteiger partial charge on any atom is -0.548 e. The van der Waals surface area contributed by atoms with Gasteiger partial charge in [-0.15, -0.1) is 0 Å². The normalized spacial score (nSPS) is 12.1. The van der Waals surface area contributed by atoms with Crippen LogP contribution in [-0.2, 0) is 17.9 Å². The number of nitrogens with zero attached hydrogens (tertiary/aromatic N) is 1. The zero-order valence-corrected chi connectivity index (χ0v) is 25.1. The molecule has 0 heterocycles. The summed E-state index contributed by atoms with van der Waals surface area (Å²) in [6.07, 6.45) is -3.57. The Kier molecular flexibility index (Phi) is 14.2. The molecule has 0 radical (unpaired) electrons. The topological polar surface area (TPSA) is 72.5 Å². The summed E-state index contributed by atoms with van der Waals surface area (Å²) in [7, 11) is 0. The average Bonchev–Trinajstić information content (AvgIpc) is 2.89. The largest absolute Gasteiger partial charge is 1.00 e.